The zero-order valence-electron chi connectivity index (χ0n) is 22.4. The number of morpholine rings is 1. The maximum Gasteiger partial charge on any atom is 0.315 e. The number of rotatable bonds is 19. The summed E-state index contributed by atoms with van der Waals surface area (Å²) in [6.07, 6.45) is 7.30. The number of hydrogen-bond donors (Lipinski definition) is 2. The maximum absolute atomic E-state index is 12.3. The molecule has 1 atom stereocenters. The minimum Gasteiger partial charge on any atom is -0.464 e. The van der Waals surface area contributed by atoms with Gasteiger partial charge in [0.25, 0.3) is 0 Å². The number of nitrogens with one attached hydrogen (secondary N) is 1. The second kappa shape index (κ2) is 18.0. The van der Waals surface area contributed by atoms with E-state index < -0.39 is 16.1 Å². The number of nitrogens with zero attached hydrogens (tertiary/aromatic N) is 2. The van der Waals surface area contributed by atoms with E-state index in [9.17, 15) is 18.3 Å². The van der Waals surface area contributed by atoms with Crippen LogP contribution < -0.4 is 5.43 Å². The number of hydrogen-bond acceptors (Lipinski definition) is 9. The summed E-state index contributed by atoms with van der Waals surface area (Å²) in [5.41, 5.74) is 4.47. The molecule has 1 heterocycles. The van der Waals surface area contributed by atoms with Crippen molar-refractivity contribution in [3.8, 4) is 0 Å². The smallest absolute Gasteiger partial charge is 0.315 e. The van der Waals surface area contributed by atoms with Crippen LogP contribution in [-0.2, 0) is 24.3 Å². The molecule has 0 radical (unpaired) electrons. The van der Waals surface area contributed by atoms with Gasteiger partial charge in [-0.15, -0.1) is 4.41 Å². The Kier molecular flexibility index (Phi) is 15.5. The van der Waals surface area contributed by atoms with Gasteiger partial charge in [-0.2, -0.15) is 11.8 Å². The summed E-state index contributed by atoms with van der Waals surface area (Å²) in [5, 5.41) is 10.4. The first-order valence-electron chi connectivity index (χ1n) is 13.4. The number of aliphatic hydroxyl groups excluding tert-OH is 1. The Morgan fingerprint density at radius 1 is 1.16 bits per heavy atom. The van der Waals surface area contributed by atoms with E-state index in [-0.39, 0.29) is 5.97 Å². The number of sulfonamides is 1. The van der Waals surface area contributed by atoms with Crippen LogP contribution in [0.4, 0.5) is 5.69 Å². The Hall–Kier alpha value is -1.37. The molecule has 37 heavy (non-hydrogen) atoms. The lowest BCUT2D eigenvalue weighted by Gasteiger charge is -2.26. The number of ether oxygens (including phenoxy) is 2. The number of hydrazine groups is 1. The number of carbonyl (C=O) groups excluding carboxylic acids is 1. The molecule has 212 valence electrons. The van der Waals surface area contributed by atoms with Crippen LogP contribution in [0.2, 0.25) is 0 Å². The van der Waals surface area contributed by atoms with Crippen LogP contribution in [0.3, 0.4) is 0 Å². The average Bonchev–Trinajstić information content (AvgIpc) is 2.88. The molecule has 1 aromatic rings. The lowest BCUT2D eigenvalue weighted by atomic mass is 10.0. The van der Waals surface area contributed by atoms with Gasteiger partial charge in [0.05, 0.1) is 37.0 Å². The van der Waals surface area contributed by atoms with E-state index in [1.165, 1.54) is 28.9 Å². The quantitative estimate of drug-likeness (QED) is 0.149. The van der Waals surface area contributed by atoms with Crippen LogP contribution in [0.15, 0.2) is 24.3 Å². The van der Waals surface area contributed by atoms with Crippen molar-refractivity contribution in [1.82, 2.24) is 9.31 Å². The van der Waals surface area contributed by atoms with Gasteiger partial charge >= 0.3 is 5.97 Å². The highest BCUT2D eigenvalue weighted by molar-refractivity contribution is 7.99. The van der Waals surface area contributed by atoms with Crippen LogP contribution >= 0.6 is 11.8 Å². The molecule has 9 nitrogen and oxygen atoms in total. The molecule has 1 aliphatic rings. The van der Waals surface area contributed by atoms with Gasteiger partial charge in [-0.1, -0.05) is 44.7 Å². The Labute approximate surface area is 227 Å². The molecule has 0 aromatic heterocycles. The molecule has 1 saturated heterocycles. The Bertz CT molecular complexity index is 864. The van der Waals surface area contributed by atoms with Crippen LogP contribution in [0.5, 0.6) is 0 Å². The molecule has 1 aromatic carbocycles. The molecule has 0 saturated carbocycles. The third-order valence-corrected chi connectivity index (χ3v) is 8.27. The van der Waals surface area contributed by atoms with E-state index in [2.05, 4.69) is 17.2 Å². The largest absolute Gasteiger partial charge is 0.464 e. The number of carbonyl (C=O) groups is 1. The highest BCUT2D eigenvalue weighted by atomic mass is 32.2. The molecule has 0 spiro atoms. The second-order valence-corrected chi connectivity index (χ2v) is 12.4. The molecular weight excluding hydrogens is 514 g/mol. The summed E-state index contributed by atoms with van der Waals surface area (Å²) in [5.74, 6) is 0.835. The monoisotopic (exact) mass is 559 g/mol. The van der Waals surface area contributed by atoms with Crippen LogP contribution in [0, 0.1) is 0 Å². The Morgan fingerprint density at radius 2 is 1.89 bits per heavy atom. The zero-order valence-corrected chi connectivity index (χ0v) is 24.0. The molecule has 0 aliphatic carbocycles. The third-order valence-electron chi connectivity index (χ3n) is 6.17. The van der Waals surface area contributed by atoms with E-state index in [0.717, 1.165) is 76.3 Å². The number of unbranched alkanes of at least 4 members (excludes halogenated alkanes) is 4. The van der Waals surface area contributed by atoms with Gasteiger partial charge in [-0.05, 0) is 42.7 Å². The molecule has 1 fully saturated rings. The first-order valence-corrected chi connectivity index (χ1v) is 16.4. The fourth-order valence-corrected chi connectivity index (χ4v) is 5.46. The second-order valence-electron chi connectivity index (χ2n) is 9.37. The van der Waals surface area contributed by atoms with Gasteiger partial charge in [0, 0.05) is 26.2 Å². The molecule has 0 bridgehead atoms. The summed E-state index contributed by atoms with van der Waals surface area (Å²) in [6, 6.07) is 7.26. The highest BCUT2D eigenvalue weighted by Gasteiger charge is 2.17. The molecule has 1 unspecified atom stereocenters. The SMILES string of the molecule is CCCCCCC(O)c1ccc(NN(CCCCSCC(=O)OCCN2CCOCC2)S(C)(=O)=O)cc1. The van der Waals surface area contributed by atoms with Gasteiger partial charge in [0.2, 0.25) is 10.0 Å². The van der Waals surface area contributed by atoms with Crippen LogP contribution in [0.1, 0.15) is 63.5 Å². The first kappa shape index (κ1) is 31.8. The third kappa shape index (κ3) is 13.8. The Morgan fingerprint density at radius 3 is 2.57 bits per heavy atom. The van der Waals surface area contributed by atoms with E-state index in [1.807, 2.05) is 12.1 Å². The maximum atomic E-state index is 12.3. The van der Waals surface area contributed by atoms with Crippen molar-refractivity contribution in [2.24, 2.45) is 0 Å². The van der Waals surface area contributed by atoms with Gasteiger partial charge in [-0.3, -0.25) is 9.69 Å². The minimum atomic E-state index is -3.45. The van der Waals surface area contributed by atoms with E-state index in [0.29, 0.717) is 31.0 Å². The highest BCUT2D eigenvalue weighted by Crippen LogP contribution is 2.22. The van der Waals surface area contributed by atoms with Crippen LogP contribution in [0.25, 0.3) is 0 Å². The number of benzene rings is 1. The first-order chi connectivity index (χ1) is 17.8. The zero-order chi connectivity index (χ0) is 26.9. The molecule has 2 N–H and O–H groups in total. The predicted molar refractivity (Wildman–Crippen MR) is 150 cm³/mol. The molecule has 0 amide bonds. The number of aliphatic hydroxyl groups is 1. The van der Waals surface area contributed by atoms with Crippen molar-refractivity contribution >= 4 is 33.4 Å². The summed E-state index contributed by atoms with van der Waals surface area (Å²) in [6.45, 7) is 6.82. The van der Waals surface area contributed by atoms with Crippen molar-refractivity contribution in [2.45, 2.75) is 58.0 Å². The van der Waals surface area contributed by atoms with Crippen molar-refractivity contribution in [3.05, 3.63) is 29.8 Å². The average molecular weight is 560 g/mol. The summed E-state index contributed by atoms with van der Waals surface area (Å²) < 4.78 is 36.3. The number of thioether (sulfide) groups is 1. The summed E-state index contributed by atoms with van der Waals surface area (Å²) >= 11 is 1.50. The molecule has 11 heteroatoms. The summed E-state index contributed by atoms with van der Waals surface area (Å²) in [4.78, 5) is 14.1. The van der Waals surface area contributed by atoms with E-state index >= 15 is 0 Å². The normalized spacial score (nSPS) is 15.6. The van der Waals surface area contributed by atoms with Gasteiger partial charge < -0.3 is 20.0 Å². The van der Waals surface area contributed by atoms with Crippen molar-refractivity contribution in [2.75, 3.05) is 69.2 Å². The number of esters is 1. The predicted octanol–water partition coefficient (Wildman–Crippen LogP) is 3.67. The van der Waals surface area contributed by atoms with Crippen molar-refractivity contribution in [3.63, 3.8) is 0 Å². The summed E-state index contributed by atoms with van der Waals surface area (Å²) in [7, 11) is -3.45. The lowest BCUT2D eigenvalue weighted by Crippen LogP contribution is -2.38. The number of anilines is 1. The Balaban J connectivity index is 1.63. The van der Waals surface area contributed by atoms with Gasteiger partial charge in [0.1, 0.15) is 6.61 Å². The topological polar surface area (TPSA) is 108 Å². The fraction of sp³-hybridized carbons (Fsp3) is 0.731. The van der Waals surface area contributed by atoms with Gasteiger partial charge in [0.15, 0.2) is 0 Å². The van der Waals surface area contributed by atoms with Crippen molar-refractivity contribution < 1.29 is 27.8 Å². The minimum absolute atomic E-state index is 0.216. The molecule has 1 aliphatic heterocycles. The van der Waals surface area contributed by atoms with E-state index in [4.69, 9.17) is 9.47 Å². The fourth-order valence-electron chi connectivity index (χ4n) is 3.93. The lowest BCUT2D eigenvalue weighted by molar-refractivity contribution is -0.141. The van der Waals surface area contributed by atoms with E-state index in [1.54, 1.807) is 12.1 Å². The van der Waals surface area contributed by atoms with Crippen LogP contribution in [-0.4, -0.2) is 92.6 Å². The molecular formula is C26H45N3O6S2. The van der Waals surface area contributed by atoms with Gasteiger partial charge in [-0.25, -0.2) is 8.42 Å². The van der Waals surface area contributed by atoms with Crippen molar-refractivity contribution in [1.29, 1.82) is 0 Å². The standard InChI is InChI=1S/C26H45N3O6S2/c1-3-4-5-6-9-25(30)23-10-12-24(13-11-23)27-29(37(2,32)33)14-7-8-21-36-22-26(31)35-20-17-28-15-18-34-19-16-28/h10-13,25,27,30H,3-9,14-22H2,1-2H3. The molecule has 2 rings (SSSR count).